The minimum Gasteiger partial charge on any atom is -0.301 e. The Labute approximate surface area is 146 Å². The zero-order valence-corrected chi connectivity index (χ0v) is 15.4. The molecule has 2 aromatic rings. The van der Waals surface area contributed by atoms with Crippen LogP contribution < -0.4 is 5.32 Å². The smallest absolute Gasteiger partial charge is 0.227 e. The third-order valence-corrected chi connectivity index (χ3v) is 6.33. The molecule has 0 aliphatic heterocycles. The van der Waals surface area contributed by atoms with Gasteiger partial charge in [-0.3, -0.25) is 4.79 Å². The molecule has 0 fully saturated rings. The highest BCUT2D eigenvalue weighted by molar-refractivity contribution is 7.91. The van der Waals surface area contributed by atoms with Crippen molar-refractivity contribution in [2.75, 3.05) is 11.1 Å². The van der Waals surface area contributed by atoms with E-state index in [1.54, 1.807) is 18.2 Å². The molecule has 0 aliphatic rings. The van der Waals surface area contributed by atoms with Gasteiger partial charge in [-0.1, -0.05) is 49.8 Å². The van der Waals surface area contributed by atoms with Gasteiger partial charge in [-0.15, -0.1) is 10.2 Å². The number of anilines is 1. The van der Waals surface area contributed by atoms with Crippen molar-refractivity contribution in [3.05, 3.63) is 35.3 Å². The maximum atomic E-state index is 12.1. The number of aromatic nitrogens is 2. The van der Waals surface area contributed by atoms with Crippen LogP contribution in [0, 0.1) is 0 Å². The molecule has 0 radical (unpaired) electrons. The maximum Gasteiger partial charge on any atom is 0.227 e. The molecule has 8 heteroatoms. The molecule has 0 saturated heterocycles. The van der Waals surface area contributed by atoms with Crippen LogP contribution >= 0.6 is 11.3 Å². The van der Waals surface area contributed by atoms with Crippen molar-refractivity contribution in [1.82, 2.24) is 10.2 Å². The van der Waals surface area contributed by atoms with Crippen molar-refractivity contribution in [2.24, 2.45) is 0 Å². The molecule has 1 N–H and O–H groups in total. The fourth-order valence-corrected chi connectivity index (χ4v) is 4.30. The molecule has 0 spiro atoms. The van der Waals surface area contributed by atoms with E-state index in [-0.39, 0.29) is 23.0 Å². The molecule has 130 valence electrons. The summed E-state index contributed by atoms with van der Waals surface area (Å²) >= 11 is 1.34. The number of sulfone groups is 1. The Morgan fingerprint density at radius 1 is 1.25 bits per heavy atom. The number of nitrogens with zero attached hydrogens (tertiary/aromatic N) is 2. The fourth-order valence-electron chi connectivity index (χ4n) is 2.20. The van der Waals surface area contributed by atoms with Crippen LogP contribution in [0.3, 0.4) is 0 Å². The highest BCUT2D eigenvalue weighted by Crippen LogP contribution is 2.26. The molecule has 1 aromatic carbocycles. The molecule has 1 heterocycles. The zero-order chi connectivity index (χ0) is 17.6. The minimum absolute atomic E-state index is 0.114. The van der Waals surface area contributed by atoms with Gasteiger partial charge in [-0.25, -0.2) is 8.42 Å². The first-order chi connectivity index (χ1) is 11.4. The van der Waals surface area contributed by atoms with Crippen LogP contribution in [-0.4, -0.2) is 30.3 Å². The van der Waals surface area contributed by atoms with E-state index in [1.807, 2.05) is 0 Å². The Balaban J connectivity index is 1.90. The molecule has 1 aromatic heterocycles. The molecule has 0 saturated carbocycles. The highest BCUT2D eigenvalue weighted by atomic mass is 32.2. The van der Waals surface area contributed by atoms with Gasteiger partial charge in [-0.05, 0) is 18.6 Å². The summed E-state index contributed by atoms with van der Waals surface area (Å²) in [7, 11) is -3.46. The van der Waals surface area contributed by atoms with Crippen LogP contribution in [0.25, 0.3) is 0 Å². The third kappa shape index (κ3) is 5.10. The first-order valence-electron chi connectivity index (χ1n) is 7.83. The first kappa shape index (κ1) is 18.5. The van der Waals surface area contributed by atoms with E-state index in [9.17, 15) is 13.2 Å². The lowest BCUT2D eigenvalue weighted by molar-refractivity contribution is -0.115. The van der Waals surface area contributed by atoms with Crippen LogP contribution in [0.4, 0.5) is 5.13 Å². The summed E-state index contributed by atoms with van der Waals surface area (Å²) in [6.45, 7) is 4.18. The number of amides is 1. The summed E-state index contributed by atoms with van der Waals surface area (Å²) in [5.74, 6) is -0.308. The first-order valence-corrected chi connectivity index (χ1v) is 10.3. The maximum absolute atomic E-state index is 12.1. The predicted octanol–water partition coefficient (Wildman–Crippen LogP) is 3.24. The van der Waals surface area contributed by atoms with E-state index < -0.39 is 9.84 Å². The molecule has 1 amide bonds. The summed E-state index contributed by atoms with van der Waals surface area (Å²) in [6.07, 6.45) is 1.95. The van der Waals surface area contributed by atoms with Gasteiger partial charge >= 0.3 is 0 Å². The molecule has 0 unspecified atom stereocenters. The molecule has 2 rings (SSSR count). The summed E-state index contributed by atoms with van der Waals surface area (Å²) < 4.78 is 24.3. The number of nitrogens with one attached hydrogen (secondary N) is 1. The Morgan fingerprint density at radius 2 is 1.96 bits per heavy atom. The fraction of sp³-hybridized carbons (Fsp3) is 0.438. The second kappa shape index (κ2) is 8.34. The Morgan fingerprint density at radius 3 is 2.62 bits per heavy atom. The van der Waals surface area contributed by atoms with Gasteiger partial charge in [0.15, 0.2) is 9.84 Å². The Bertz CT molecular complexity index is 773. The summed E-state index contributed by atoms with van der Waals surface area (Å²) in [4.78, 5) is 12.2. The number of rotatable bonds is 8. The van der Waals surface area contributed by atoms with Crippen LogP contribution in [0.2, 0.25) is 0 Å². The Hall–Kier alpha value is -1.80. The van der Waals surface area contributed by atoms with Gasteiger partial charge in [0.1, 0.15) is 5.01 Å². The number of carbonyl (C=O) groups is 1. The van der Waals surface area contributed by atoms with Crippen LogP contribution in [-0.2, 0) is 14.6 Å². The van der Waals surface area contributed by atoms with Crippen LogP contribution in [0.1, 0.15) is 44.0 Å². The quantitative estimate of drug-likeness (QED) is 0.773. The van der Waals surface area contributed by atoms with Crippen molar-refractivity contribution in [3.63, 3.8) is 0 Å². The zero-order valence-electron chi connectivity index (χ0n) is 13.7. The van der Waals surface area contributed by atoms with E-state index in [0.29, 0.717) is 11.0 Å². The van der Waals surface area contributed by atoms with Gasteiger partial charge in [-0.2, -0.15) is 0 Å². The van der Waals surface area contributed by atoms with Gasteiger partial charge < -0.3 is 5.32 Å². The topological polar surface area (TPSA) is 89.0 Å². The Kier molecular flexibility index (Phi) is 6.44. The van der Waals surface area contributed by atoms with Crippen molar-refractivity contribution in [2.45, 2.75) is 43.9 Å². The van der Waals surface area contributed by atoms with Gasteiger partial charge in [0, 0.05) is 12.3 Å². The number of hydrogen-bond donors (Lipinski definition) is 1. The van der Waals surface area contributed by atoms with Crippen LogP contribution in [0.15, 0.2) is 35.2 Å². The van der Waals surface area contributed by atoms with Gasteiger partial charge in [0.25, 0.3) is 0 Å². The van der Waals surface area contributed by atoms with E-state index in [1.165, 1.54) is 23.5 Å². The standard InChI is InChI=1S/C16H21N3O3S2/c1-3-7-12(2)15-18-19-16(23-15)17-14(20)10-11-24(21,22)13-8-5-4-6-9-13/h4-6,8-9,12H,3,7,10-11H2,1-2H3,(H,17,19,20)/t12-/m0/s1. The number of carbonyl (C=O) groups excluding carboxylic acids is 1. The van der Waals surface area contributed by atoms with Crippen molar-refractivity contribution in [3.8, 4) is 0 Å². The molecule has 6 nitrogen and oxygen atoms in total. The monoisotopic (exact) mass is 367 g/mol. The van der Waals surface area contributed by atoms with Crippen molar-refractivity contribution >= 4 is 32.2 Å². The van der Waals surface area contributed by atoms with Gasteiger partial charge in [0.2, 0.25) is 11.0 Å². The van der Waals surface area contributed by atoms with Gasteiger partial charge in [0.05, 0.1) is 10.6 Å². The average Bonchev–Trinajstić information content (AvgIpc) is 3.03. The lowest BCUT2D eigenvalue weighted by Gasteiger charge is -2.04. The van der Waals surface area contributed by atoms with E-state index >= 15 is 0 Å². The van der Waals surface area contributed by atoms with E-state index in [2.05, 4.69) is 29.4 Å². The minimum atomic E-state index is -3.46. The molecular formula is C16H21N3O3S2. The van der Waals surface area contributed by atoms with Crippen LogP contribution in [0.5, 0.6) is 0 Å². The van der Waals surface area contributed by atoms with Crippen molar-refractivity contribution in [1.29, 1.82) is 0 Å². The number of hydrogen-bond acceptors (Lipinski definition) is 6. The summed E-state index contributed by atoms with van der Waals surface area (Å²) in [5, 5.41) is 11.9. The van der Waals surface area contributed by atoms with Crippen molar-refractivity contribution < 1.29 is 13.2 Å². The molecule has 0 bridgehead atoms. The second-order valence-electron chi connectivity index (χ2n) is 5.57. The second-order valence-corrected chi connectivity index (χ2v) is 8.68. The molecule has 0 aliphatic carbocycles. The highest BCUT2D eigenvalue weighted by Gasteiger charge is 2.17. The summed E-state index contributed by atoms with van der Waals surface area (Å²) in [5.41, 5.74) is 0. The number of benzene rings is 1. The largest absolute Gasteiger partial charge is 0.301 e. The lowest BCUT2D eigenvalue weighted by atomic mass is 10.1. The molecular weight excluding hydrogens is 346 g/mol. The lowest BCUT2D eigenvalue weighted by Crippen LogP contribution is -2.17. The normalized spacial score (nSPS) is 12.8. The average molecular weight is 367 g/mol. The van der Waals surface area contributed by atoms with E-state index in [0.717, 1.165) is 17.8 Å². The predicted molar refractivity (Wildman–Crippen MR) is 95.0 cm³/mol. The SMILES string of the molecule is CCC[C@H](C)c1nnc(NC(=O)CCS(=O)(=O)c2ccccc2)s1. The molecule has 24 heavy (non-hydrogen) atoms. The van der Waals surface area contributed by atoms with E-state index in [4.69, 9.17) is 0 Å². The molecule has 1 atom stereocenters. The summed E-state index contributed by atoms with van der Waals surface area (Å²) in [6, 6.07) is 8.12. The third-order valence-electron chi connectivity index (χ3n) is 3.53.